The van der Waals surface area contributed by atoms with E-state index in [9.17, 15) is 4.79 Å². The maximum atomic E-state index is 11.0. The second-order valence-electron chi connectivity index (χ2n) is 2.62. The molecule has 0 amide bonds. The van der Waals surface area contributed by atoms with Crippen molar-refractivity contribution in [1.29, 1.82) is 0 Å². The topological polar surface area (TPSA) is 76.0 Å². The molecule has 0 radical (unpaired) electrons. The molecule has 2 rings (SSSR count). The van der Waals surface area contributed by atoms with E-state index >= 15 is 0 Å². The number of carboxylic acids is 1. The Labute approximate surface area is 107 Å². The van der Waals surface area contributed by atoms with Crippen LogP contribution in [0.1, 0.15) is 10.4 Å². The number of aromatic carboxylic acids is 1. The molecule has 1 N–H and O–H groups in total. The lowest BCUT2D eigenvalue weighted by Crippen LogP contribution is -2.00. The SMILES string of the molecule is O=C(O)c1cc(Br)cnc1Sc1ncns1. The summed E-state index contributed by atoms with van der Waals surface area (Å²) in [5.74, 6) is -1.01. The number of rotatable bonds is 3. The Morgan fingerprint density at radius 2 is 2.31 bits per heavy atom. The van der Waals surface area contributed by atoms with E-state index in [0.717, 1.165) is 0 Å². The van der Waals surface area contributed by atoms with Crippen LogP contribution in [0, 0.1) is 0 Å². The van der Waals surface area contributed by atoms with Gasteiger partial charge in [0.05, 0.1) is 5.56 Å². The van der Waals surface area contributed by atoms with Gasteiger partial charge in [0, 0.05) is 10.7 Å². The molecule has 2 aromatic rings. The fraction of sp³-hybridized carbons (Fsp3) is 0. The first-order valence-electron chi connectivity index (χ1n) is 4.00. The highest BCUT2D eigenvalue weighted by atomic mass is 79.9. The highest BCUT2D eigenvalue weighted by molar-refractivity contribution is 9.10. The number of nitrogens with zero attached hydrogens (tertiary/aromatic N) is 3. The van der Waals surface area contributed by atoms with Crippen molar-refractivity contribution in [2.24, 2.45) is 0 Å². The molecule has 0 bridgehead atoms. The van der Waals surface area contributed by atoms with E-state index in [1.807, 2.05) is 0 Å². The van der Waals surface area contributed by atoms with Gasteiger partial charge >= 0.3 is 5.97 Å². The molecule has 0 saturated heterocycles. The van der Waals surface area contributed by atoms with E-state index in [-0.39, 0.29) is 5.56 Å². The third kappa shape index (κ3) is 2.57. The molecule has 8 heteroatoms. The number of pyridine rings is 1. The first kappa shape index (κ1) is 11.5. The Kier molecular flexibility index (Phi) is 3.52. The molecular weight excluding hydrogens is 314 g/mol. The molecule has 82 valence electrons. The van der Waals surface area contributed by atoms with Gasteiger partial charge < -0.3 is 5.11 Å². The number of carbonyl (C=O) groups is 1. The van der Waals surface area contributed by atoms with E-state index in [1.165, 1.54) is 35.7 Å². The van der Waals surface area contributed by atoms with Gasteiger partial charge in [-0.2, -0.15) is 4.37 Å². The molecule has 16 heavy (non-hydrogen) atoms. The minimum absolute atomic E-state index is 0.148. The molecule has 0 aromatic carbocycles. The van der Waals surface area contributed by atoms with Crippen molar-refractivity contribution in [3.05, 3.63) is 28.6 Å². The molecule has 2 heterocycles. The van der Waals surface area contributed by atoms with Crippen LogP contribution in [0.25, 0.3) is 0 Å². The van der Waals surface area contributed by atoms with Gasteiger partial charge in [-0.1, -0.05) is 0 Å². The Balaban J connectivity index is 2.36. The standard InChI is InChI=1S/C8H4BrN3O2S2/c9-4-1-5(7(13)14)6(10-2-4)15-8-11-3-12-16-8/h1-3H,(H,13,14). The third-order valence-corrected chi connectivity index (χ3v) is 3.74. The molecule has 0 saturated carbocycles. The summed E-state index contributed by atoms with van der Waals surface area (Å²) in [6.07, 6.45) is 2.97. The van der Waals surface area contributed by atoms with Crippen LogP contribution in [0.5, 0.6) is 0 Å². The van der Waals surface area contributed by atoms with Crippen molar-refractivity contribution >= 4 is 45.2 Å². The van der Waals surface area contributed by atoms with Gasteiger partial charge in [-0.25, -0.2) is 14.8 Å². The summed E-state index contributed by atoms with van der Waals surface area (Å²) in [4.78, 5) is 19.0. The molecule has 0 aliphatic rings. The third-order valence-electron chi connectivity index (χ3n) is 1.57. The molecule has 0 fully saturated rings. The van der Waals surface area contributed by atoms with E-state index in [1.54, 1.807) is 6.20 Å². The van der Waals surface area contributed by atoms with Crippen molar-refractivity contribution < 1.29 is 9.90 Å². The fourth-order valence-electron chi connectivity index (χ4n) is 0.952. The summed E-state index contributed by atoms with van der Waals surface area (Å²) in [7, 11) is 0. The zero-order chi connectivity index (χ0) is 11.5. The maximum Gasteiger partial charge on any atom is 0.338 e. The summed E-state index contributed by atoms with van der Waals surface area (Å²) in [5.41, 5.74) is 0.148. The second kappa shape index (κ2) is 4.89. The molecule has 0 aliphatic carbocycles. The van der Waals surface area contributed by atoms with Crippen LogP contribution in [0.4, 0.5) is 0 Å². The molecule has 0 aliphatic heterocycles. The highest BCUT2D eigenvalue weighted by Crippen LogP contribution is 2.30. The zero-order valence-electron chi connectivity index (χ0n) is 7.62. The smallest absolute Gasteiger partial charge is 0.338 e. The molecule has 2 aromatic heterocycles. The van der Waals surface area contributed by atoms with Crippen molar-refractivity contribution in [3.63, 3.8) is 0 Å². The van der Waals surface area contributed by atoms with Crippen molar-refractivity contribution in [2.75, 3.05) is 0 Å². The van der Waals surface area contributed by atoms with Gasteiger partial charge in [-0.05, 0) is 45.3 Å². The summed E-state index contributed by atoms with van der Waals surface area (Å²) < 4.78 is 5.13. The van der Waals surface area contributed by atoms with Crippen molar-refractivity contribution in [1.82, 2.24) is 14.3 Å². The van der Waals surface area contributed by atoms with Crippen LogP contribution in [0.3, 0.4) is 0 Å². The van der Waals surface area contributed by atoms with E-state index in [2.05, 4.69) is 30.3 Å². The lowest BCUT2D eigenvalue weighted by atomic mass is 10.3. The van der Waals surface area contributed by atoms with Crippen LogP contribution in [-0.2, 0) is 0 Å². The fourth-order valence-corrected chi connectivity index (χ4v) is 2.70. The number of carboxylic acid groups (broad SMARTS) is 1. The highest BCUT2D eigenvalue weighted by Gasteiger charge is 2.14. The van der Waals surface area contributed by atoms with Gasteiger partial charge in [-0.15, -0.1) is 0 Å². The average molecular weight is 318 g/mol. The van der Waals surface area contributed by atoms with Crippen LogP contribution >= 0.6 is 39.2 Å². The molecule has 0 atom stereocenters. The van der Waals surface area contributed by atoms with E-state index < -0.39 is 5.97 Å². The lowest BCUT2D eigenvalue weighted by Gasteiger charge is -2.02. The first-order valence-corrected chi connectivity index (χ1v) is 6.38. The number of hydrogen-bond acceptors (Lipinski definition) is 6. The normalized spacial score (nSPS) is 10.3. The van der Waals surface area contributed by atoms with Crippen LogP contribution in [0.15, 0.2) is 32.4 Å². The summed E-state index contributed by atoms with van der Waals surface area (Å²) in [6.45, 7) is 0. The van der Waals surface area contributed by atoms with Crippen LogP contribution in [0.2, 0.25) is 0 Å². The summed E-state index contributed by atoms with van der Waals surface area (Å²) in [5, 5.41) is 9.42. The minimum atomic E-state index is -1.01. The van der Waals surface area contributed by atoms with Gasteiger partial charge in [0.2, 0.25) is 0 Å². The van der Waals surface area contributed by atoms with Gasteiger partial charge in [-0.3, -0.25) is 0 Å². The first-order chi connectivity index (χ1) is 7.66. The number of halogens is 1. The average Bonchev–Trinajstić information content (AvgIpc) is 2.73. The molecule has 5 nitrogen and oxygen atoms in total. The largest absolute Gasteiger partial charge is 0.478 e. The van der Waals surface area contributed by atoms with E-state index in [0.29, 0.717) is 13.8 Å². The quantitative estimate of drug-likeness (QED) is 0.937. The van der Waals surface area contributed by atoms with Crippen LogP contribution in [-0.4, -0.2) is 25.4 Å². The Hall–Kier alpha value is -0.990. The Bertz CT molecular complexity index is 518. The lowest BCUT2D eigenvalue weighted by molar-refractivity contribution is 0.0692. The van der Waals surface area contributed by atoms with Crippen molar-refractivity contribution in [2.45, 2.75) is 9.37 Å². The zero-order valence-corrected chi connectivity index (χ0v) is 10.8. The molecule has 0 unspecified atom stereocenters. The molecular formula is C8H4BrN3O2S2. The Morgan fingerprint density at radius 1 is 1.50 bits per heavy atom. The Morgan fingerprint density at radius 3 is 2.94 bits per heavy atom. The maximum absolute atomic E-state index is 11.0. The van der Waals surface area contributed by atoms with Crippen molar-refractivity contribution in [3.8, 4) is 0 Å². The summed E-state index contributed by atoms with van der Waals surface area (Å²) in [6, 6.07) is 1.51. The predicted octanol–water partition coefficient (Wildman–Crippen LogP) is 2.54. The minimum Gasteiger partial charge on any atom is -0.478 e. The molecule has 0 spiro atoms. The van der Waals surface area contributed by atoms with Gasteiger partial charge in [0.15, 0.2) is 4.34 Å². The van der Waals surface area contributed by atoms with Crippen LogP contribution < -0.4 is 0 Å². The predicted molar refractivity (Wildman–Crippen MR) is 62.9 cm³/mol. The van der Waals surface area contributed by atoms with Gasteiger partial charge in [0.25, 0.3) is 0 Å². The monoisotopic (exact) mass is 317 g/mol. The number of hydrogen-bond donors (Lipinski definition) is 1. The second-order valence-corrected chi connectivity index (χ2v) is 5.55. The number of aromatic nitrogens is 3. The van der Waals surface area contributed by atoms with Gasteiger partial charge in [0.1, 0.15) is 11.4 Å². The summed E-state index contributed by atoms with van der Waals surface area (Å²) >= 11 is 5.57. The van der Waals surface area contributed by atoms with E-state index in [4.69, 9.17) is 5.11 Å².